The molecule has 0 radical (unpaired) electrons. The predicted molar refractivity (Wildman–Crippen MR) is 112 cm³/mol. The molecule has 1 aromatic heterocycles. The molecule has 0 saturated carbocycles. The number of benzene rings is 3. The Bertz CT molecular complexity index is 1180. The SMILES string of the molecule is Cc1ccc2nc(NC(=O)COC(=O)Cc3cccc4ccccc34)sc2c1. The second-order valence-electron chi connectivity index (χ2n) is 6.51. The fourth-order valence-electron chi connectivity index (χ4n) is 3.04. The second kappa shape index (κ2) is 7.78. The van der Waals surface area contributed by atoms with E-state index in [4.69, 9.17) is 4.74 Å². The summed E-state index contributed by atoms with van der Waals surface area (Å²) in [6.07, 6.45) is 0.120. The lowest BCUT2D eigenvalue weighted by atomic mass is 10.0. The second-order valence-corrected chi connectivity index (χ2v) is 7.54. The van der Waals surface area contributed by atoms with Gasteiger partial charge in [-0.2, -0.15) is 0 Å². The number of fused-ring (bicyclic) bond motifs is 2. The van der Waals surface area contributed by atoms with Gasteiger partial charge in [0.2, 0.25) is 0 Å². The van der Waals surface area contributed by atoms with Gasteiger partial charge in [-0.3, -0.25) is 14.9 Å². The quantitative estimate of drug-likeness (QED) is 0.510. The van der Waals surface area contributed by atoms with Crippen LogP contribution in [0.3, 0.4) is 0 Å². The van der Waals surface area contributed by atoms with Crippen LogP contribution >= 0.6 is 11.3 Å². The predicted octanol–water partition coefficient (Wildman–Crippen LogP) is 4.48. The molecule has 28 heavy (non-hydrogen) atoms. The van der Waals surface area contributed by atoms with Crippen molar-refractivity contribution in [3.63, 3.8) is 0 Å². The van der Waals surface area contributed by atoms with Crippen molar-refractivity contribution < 1.29 is 14.3 Å². The molecule has 0 saturated heterocycles. The summed E-state index contributed by atoms with van der Waals surface area (Å²) in [4.78, 5) is 28.6. The number of carbonyl (C=O) groups is 2. The lowest BCUT2D eigenvalue weighted by Gasteiger charge is -2.07. The number of hydrogen-bond acceptors (Lipinski definition) is 5. The van der Waals surface area contributed by atoms with Crippen molar-refractivity contribution in [2.24, 2.45) is 0 Å². The van der Waals surface area contributed by atoms with E-state index < -0.39 is 11.9 Å². The van der Waals surface area contributed by atoms with Crippen molar-refractivity contribution in [3.05, 3.63) is 71.8 Å². The van der Waals surface area contributed by atoms with E-state index in [9.17, 15) is 9.59 Å². The van der Waals surface area contributed by atoms with Crippen LogP contribution in [0.1, 0.15) is 11.1 Å². The van der Waals surface area contributed by atoms with E-state index in [1.807, 2.05) is 67.6 Å². The molecule has 3 aromatic carbocycles. The van der Waals surface area contributed by atoms with Crippen LogP contribution in [0, 0.1) is 6.92 Å². The van der Waals surface area contributed by atoms with Gasteiger partial charge in [0.15, 0.2) is 11.7 Å². The summed E-state index contributed by atoms with van der Waals surface area (Å²) in [5, 5.41) is 5.26. The van der Waals surface area contributed by atoms with Gasteiger partial charge in [-0.15, -0.1) is 0 Å². The normalized spacial score (nSPS) is 10.9. The van der Waals surface area contributed by atoms with Crippen LogP contribution in [-0.2, 0) is 20.7 Å². The van der Waals surface area contributed by atoms with E-state index in [2.05, 4.69) is 10.3 Å². The van der Waals surface area contributed by atoms with Gasteiger partial charge in [0.1, 0.15) is 0 Å². The van der Waals surface area contributed by atoms with Crippen LogP contribution in [-0.4, -0.2) is 23.5 Å². The van der Waals surface area contributed by atoms with Gasteiger partial charge in [0.25, 0.3) is 5.91 Å². The molecule has 140 valence electrons. The summed E-state index contributed by atoms with van der Waals surface area (Å²) in [5.74, 6) is -0.839. The average molecular weight is 390 g/mol. The largest absolute Gasteiger partial charge is 0.455 e. The number of rotatable bonds is 5. The number of esters is 1. The van der Waals surface area contributed by atoms with Crippen LogP contribution < -0.4 is 5.32 Å². The number of hydrogen-bond donors (Lipinski definition) is 1. The Balaban J connectivity index is 1.35. The minimum atomic E-state index is -0.438. The van der Waals surface area contributed by atoms with Crippen LogP contribution in [0.2, 0.25) is 0 Å². The fourth-order valence-corrected chi connectivity index (χ4v) is 4.02. The summed E-state index contributed by atoms with van der Waals surface area (Å²) in [7, 11) is 0. The molecule has 0 unspecified atom stereocenters. The minimum Gasteiger partial charge on any atom is -0.455 e. The van der Waals surface area contributed by atoms with Crippen LogP contribution in [0.15, 0.2) is 60.7 Å². The Morgan fingerprint density at radius 1 is 1.07 bits per heavy atom. The highest BCUT2D eigenvalue weighted by molar-refractivity contribution is 7.22. The standard InChI is InChI=1S/C22H18N2O3S/c1-14-9-10-18-19(11-14)28-22(23-18)24-20(25)13-27-21(26)12-16-7-4-6-15-5-2-3-8-17(15)16/h2-11H,12-13H2,1H3,(H,23,24,25). The van der Waals surface area contributed by atoms with Gasteiger partial charge in [0.05, 0.1) is 16.6 Å². The monoisotopic (exact) mass is 390 g/mol. The Hall–Kier alpha value is -3.25. The first kappa shape index (κ1) is 18.1. The third-order valence-corrected chi connectivity index (χ3v) is 5.30. The summed E-state index contributed by atoms with van der Waals surface area (Å²) < 4.78 is 6.15. The molecule has 0 fully saturated rings. The molecule has 0 aliphatic rings. The number of carbonyl (C=O) groups excluding carboxylic acids is 2. The summed E-state index contributed by atoms with van der Waals surface area (Å²) >= 11 is 1.39. The number of nitrogens with zero attached hydrogens (tertiary/aromatic N) is 1. The molecule has 1 N–H and O–H groups in total. The first-order valence-electron chi connectivity index (χ1n) is 8.88. The van der Waals surface area contributed by atoms with Crippen molar-refractivity contribution in [1.29, 1.82) is 0 Å². The van der Waals surface area contributed by atoms with Crippen molar-refractivity contribution in [2.45, 2.75) is 13.3 Å². The maximum Gasteiger partial charge on any atom is 0.310 e. The van der Waals surface area contributed by atoms with Gasteiger partial charge >= 0.3 is 5.97 Å². The molecule has 6 heteroatoms. The van der Waals surface area contributed by atoms with E-state index in [0.717, 1.165) is 32.1 Å². The molecule has 4 aromatic rings. The van der Waals surface area contributed by atoms with Crippen molar-refractivity contribution >= 4 is 49.3 Å². The van der Waals surface area contributed by atoms with Crippen LogP contribution in [0.5, 0.6) is 0 Å². The van der Waals surface area contributed by atoms with E-state index in [1.165, 1.54) is 11.3 Å². The van der Waals surface area contributed by atoms with Gasteiger partial charge in [-0.25, -0.2) is 4.98 Å². The van der Waals surface area contributed by atoms with E-state index in [1.54, 1.807) is 0 Å². The topological polar surface area (TPSA) is 68.3 Å². The van der Waals surface area contributed by atoms with Crippen molar-refractivity contribution in [3.8, 4) is 0 Å². The molecule has 0 atom stereocenters. The first-order valence-corrected chi connectivity index (χ1v) is 9.69. The van der Waals surface area contributed by atoms with Crippen molar-refractivity contribution in [2.75, 3.05) is 11.9 Å². The maximum atomic E-state index is 12.2. The zero-order valence-corrected chi connectivity index (χ0v) is 16.1. The van der Waals surface area contributed by atoms with Crippen LogP contribution in [0.4, 0.5) is 5.13 Å². The fraction of sp³-hybridized carbons (Fsp3) is 0.136. The molecular weight excluding hydrogens is 372 g/mol. The summed E-state index contributed by atoms with van der Waals surface area (Å²) in [5.41, 5.74) is 2.85. The Morgan fingerprint density at radius 3 is 2.79 bits per heavy atom. The van der Waals surface area contributed by atoms with E-state index in [0.29, 0.717) is 5.13 Å². The van der Waals surface area contributed by atoms with Gasteiger partial charge in [-0.1, -0.05) is 59.9 Å². The third kappa shape index (κ3) is 4.02. The lowest BCUT2D eigenvalue weighted by molar-refractivity contribution is -0.146. The number of aromatic nitrogens is 1. The molecule has 0 bridgehead atoms. The Morgan fingerprint density at radius 2 is 1.89 bits per heavy atom. The minimum absolute atomic E-state index is 0.120. The summed E-state index contributed by atoms with van der Waals surface area (Å²) in [6.45, 7) is 1.67. The molecule has 4 rings (SSSR count). The zero-order chi connectivity index (χ0) is 19.5. The molecule has 0 aliphatic carbocycles. The number of nitrogens with one attached hydrogen (secondary N) is 1. The number of ether oxygens (including phenoxy) is 1. The van der Waals surface area contributed by atoms with Gasteiger partial charge in [-0.05, 0) is 41.0 Å². The molecule has 0 aliphatic heterocycles. The zero-order valence-electron chi connectivity index (χ0n) is 15.3. The third-order valence-electron chi connectivity index (χ3n) is 4.37. The smallest absolute Gasteiger partial charge is 0.310 e. The number of anilines is 1. The van der Waals surface area contributed by atoms with Crippen molar-refractivity contribution in [1.82, 2.24) is 4.98 Å². The highest BCUT2D eigenvalue weighted by Crippen LogP contribution is 2.26. The molecular formula is C22H18N2O3S. The van der Waals surface area contributed by atoms with Gasteiger partial charge < -0.3 is 4.74 Å². The molecule has 0 spiro atoms. The summed E-state index contributed by atoms with van der Waals surface area (Å²) in [6, 6.07) is 19.6. The number of amides is 1. The molecule has 5 nitrogen and oxygen atoms in total. The number of thiazole rings is 1. The van der Waals surface area contributed by atoms with E-state index in [-0.39, 0.29) is 13.0 Å². The number of aryl methyl sites for hydroxylation is 1. The molecule has 1 heterocycles. The lowest BCUT2D eigenvalue weighted by Crippen LogP contribution is -2.21. The van der Waals surface area contributed by atoms with E-state index >= 15 is 0 Å². The average Bonchev–Trinajstić information content (AvgIpc) is 3.08. The first-order chi connectivity index (χ1) is 13.6. The van der Waals surface area contributed by atoms with Gasteiger partial charge in [0, 0.05) is 0 Å². The Kier molecular flexibility index (Phi) is 5.04. The maximum absolute atomic E-state index is 12.2. The highest BCUT2D eigenvalue weighted by Gasteiger charge is 2.12. The molecule has 1 amide bonds. The highest BCUT2D eigenvalue weighted by atomic mass is 32.1. The Labute approximate surface area is 166 Å². The van der Waals surface area contributed by atoms with Crippen LogP contribution in [0.25, 0.3) is 21.0 Å².